The van der Waals surface area contributed by atoms with Gasteiger partial charge in [0.1, 0.15) is 11.5 Å². The summed E-state index contributed by atoms with van der Waals surface area (Å²) < 4.78 is 24.7. The van der Waals surface area contributed by atoms with Crippen LogP contribution in [0.5, 0.6) is 0 Å². The molecule has 2 aromatic rings. The van der Waals surface area contributed by atoms with Crippen LogP contribution in [-0.2, 0) is 20.8 Å². The third-order valence-electron chi connectivity index (χ3n) is 7.89. The van der Waals surface area contributed by atoms with E-state index in [2.05, 4.69) is 19.0 Å². The summed E-state index contributed by atoms with van der Waals surface area (Å²) >= 11 is 13.0. The topological polar surface area (TPSA) is 53.7 Å². The molecule has 31 heavy (non-hydrogen) atoms. The minimum Gasteiger partial charge on any atom is -0.373 e. The number of nitrogens with zero attached hydrogens (tertiary/aromatic N) is 1. The van der Waals surface area contributed by atoms with E-state index < -0.39 is 0 Å². The van der Waals surface area contributed by atoms with Crippen LogP contribution >= 0.6 is 23.2 Å². The molecule has 5 nitrogen and oxygen atoms in total. The number of hydrogen-bond donors (Lipinski definition) is 0. The Labute approximate surface area is 192 Å². The third kappa shape index (κ3) is 2.90. The summed E-state index contributed by atoms with van der Waals surface area (Å²) in [6.45, 7) is 6.05. The monoisotopic (exact) mass is 463 g/mol. The molecule has 0 radical (unpaired) electrons. The molecule has 1 saturated heterocycles. The predicted molar refractivity (Wildman–Crippen MR) is 117 cm³/mol. The molecule has 2 bridgehead atoms. The molecule has 2 spiro atoms. The zero-order valence-corrected chi connectivity index (χ0v) is 19.3. The molecule has 6 rings (SSSR count). The molecule has 1 aliphatic heterocycles. The Bertz CT molecular complexity index is 995. The van der Waals surface area contributed by atoms with Crippen molar-refractivity contribution in [2.45, 2.75) is 63.9 Å². The Morgan fingerprint density at radius 2 is 1.84 bits per heavy atom. The second-order valence-electron chi connectivity index (χ2n) is 9.85. The Kier molecular flexibility index (Phi) is 4.76. The van der Waals surface area contributed by atoms with Gasteiger partial charge in [0.15, 0.2) is 5.79 Å². The summed E-state index contributed by atoms with van der Waals surface area (Å²) in [6, 6.07) is 5.48. The number of aromatic nitrogens is 1. The lowest BCUT2D eigenvalue weighted by Crippen LogP contribution is -2.51. The van der Waals surface area contributed by atoms with Gasteiger partial charge in [0.25, 0.3) is 0 Å². The van der Waals surface area contributed by atoms with E-state index in [9.17, 15) is 0 Å². The predicted octanol–water partition coefficient (Wildman–Crippen LogP) is 6.22. The van der Waals surface area contributed by atoms with Gasteiger partial charge in [0.05, 0.1) is 36.0 Å². The fourth-order valence-corrected chi connectivity index (χ4v) is 7.16. The van der Waals surface area contributed by atoms with Gasteiger partial charge in [-0.2, -0.15) is 0 Å². The Morgan fingerprint density at radius 3 is 2.52 bits per heavy atom. The number of benzene rings is 1. The van der Waals surface area contributed by atoms with Crippen molar-refractivity contribution < 1.29 is 18.7 Å². The van der Waals surface area contributed by atoms with Crippen molar-refractivity contribution in [3.8, 4) is 11.3 Å². The van der Waals surface area contributed by atoms with E-state index in [-0.39, 0.29) is 23.2 Å². The molecular formula is C24H27Cl2NO4. The lowest BCUT2D eigenvalue weighted by Gasteiger charge is -2.45. The molecule has 1 aromatic heterocycles. The maximum Gasteiger partial charge on any atom is 0.177 e. The van der Waals surface area contributed by atoms with Crippen molar-refractivity contribution in [3.63, 3.8) is 0 Å². The van der Waals surface area contributed by atoms with Gasteiger partial charge in [-0.05, 0) is 43.7 Å². The summed E-state index contributed by atoms with van der Waals surface area (Å²) in [5, 5.41) is 5.47. The highest BCUT2D eigenvalue weighted by atomic mass is 35.5. The normalized spacial score (nSPS) is 32.7. The van der Waals surface area contributed by atoms with Gasteiger partial charge < -0.3 is 18.7 Å². The molecule has 2 unspecified atom stereocenters. The van der Waals surface area contributed by atoms with Gasteiger partial charge in [0.2, 0.25) is 0 Å². The van der Waals surface area contributed by atoms with Crippen molar-refractivity contribution in [3.05, 3.63) is 39.6 Å². The Hall–Kier alpha value is -1.11. The maximum absolute atomic E-state index is 6.54. The van der Waals surface area contributed by atoms with E-state index in [1.807, 2.05) is 18.2 Å². The van der Waals surface area contributed by atoms with Crippen molar-refractivity contribution >= 4 is 23.2 Å². The minimum absolute atomic E-state index is 0.154. The average molecular weight is 464 g/mol. The highest BCUT2D eigenvalue weighted by molar-refractivity contribution is 6.39. The van der Waals surface area contributed by atoms with Gasteiger partial charge in [-0.1, -0.05) is 48.3 Å². The summed E-state index contributed by atoms with van der Waals surface area (Å²) in [4.78, 5) is 0. The van der Waals surface area contributed by atoms with E-state index in [0.29, 0.717) is 33.8 Å². The van der Waals surface area contributed by atoms with Crippen molar-refractivity contribution in [1.29, 1.82) is 0 Å². The minimum atomic E-state index is -0.339. The second kappa shape index (κ2) is 7.19. The lowest BCUT2D eigenvalue weighted by atomic mass is 9.75. The SMILES string of the molecule is CC(C)c1onc(-c2c(Cl)cccc2Cl)c1CO[C@@H]1C[C@H]2CC3CC3(C1)C21OCCO1. The standard InChI is InChI=1S/C24H27Cl2NO4/c1-13(2)22-17(21(27-31-22)20-18(25)4-3-5-19(20)26)12-28-16-9-14-8-15-10-23(15,11-16)24(14)29-6-7-30-24/h3-5,13-16H,6-12H2,1-2H3/t14-,15?,16-,23?/m1/s1. The molecule has 4 fully saturated rings. The van der Waals surface area contributed by atoms with Crippen LogP contribution in [0.3, 0.4) is 0 Å². The maximum atomic E-state index is 6.54. The third-order valence-corrected chi connectivity index (χ3v) is 8.52. The molecule has 1 aromatic carbocycles. The lowest BCUT2D eigenvalue weighted by molar-refractivity contribution is -0.257. The Balaban J connectivity index is 1.26. The molecule has 166 valence electrons. The molecule has 0 N–H and O–H groups in total. The number of halogens is 2. The van der Waals surface area contributed by atoms with E-state index in [4.69, 9.17) is 41.9 Å². The Morgan fingerprint density at radius 1 is 1.10 bits per heavy atom. The van der Waals surface area contributed by atoms with Crippen molar-refractivity contribution in [2.24, 2.45) is 17.3 Å². The summed E-state index contributed by atoms with van der Waals surface area (Å²) in [7, 11) is 0. The van der Waals surface area contributed by atoms with Gasteiger partial charge in [-0.15, -0.1) is 0 Å². The van der Waals surface area contributed by atoms with E-state index in [1.54, 1.807) is 0 Å². The zero-order chi connectivity index (χ0) is 21.4. The molecule has 3 saturated carbocycles. The summed E-state index contributed by atoms with van der Waals surface area (Å²) in [5.41, 5.74) is 2.48. The molecule has 4 atom stereocenters. The molecule has 2 heterocycles. The second-order valence-corrected chi connectivity index (χ2v) is 10.7. The highest BCUT2D eigenvalue weighted by Crippen LogP contribution is 2.77. The molecule has 3 aliphatic carbocycles. The first-order valence-corrected chi connectivity index (χ1v) is 12.0. The molecule has 0 amide bonds. The summed E-state index contributed by atoms with van der Waals surface area (Å²) in [5.74, 6) is 1.82. The van der Waals surface area contributed by atoms with Crippen LogP contribution in [-0.4, -0.2) is 30.3 Å². The average Bonchev–Trinajstić information content (AvgIpc) is 3.05. The van der Waals surface area contributed by atoms with Crippen LogP contribution in [0.1, 0.15) is 56.8 Å². The van der Waals surface area contributed by atoms with Crippen LogP contribution in [0.25, 0.3) is 11.3 Å². The van der Waals surface area contributed by atoms with E-state index >= 15 is 0 Å². The first kappa shape index (κ1) is 20.5. The first-order chi connectivity index (χ1) is 14.9. The van der Waals surface area contributed by atoms with Crippen molar-refractivity contribution in [2.75, 3.05) is 13.2 Å². The first-order valence-electron chi connectivity index (χ1n) is 11.3. The van der Waals surface area contributed by atoms with E-state index in [0.717, 1.165) is 43.3 Å². The number of hydrogen-bond acceptors (Lipinski definition) is 5. The van der Waals surface area contributed by atoms with Crippen LogP contribution in [0, 0.1) is 17.3 Å². The highest BCUT2D eigenvalue weighted by Gasteiger charge is 2.79. The largest absolute Gasteiger partial charge is 0.373 e. The quantitative estimate of drug-likeness (QED) is 0.526. The zero-order valence-electron chi connectivity index (χ0n) is 17.8. The van der Waals surface area contributed by atoms with Gasteiger partial charge in [0, 0.05) is 28.4 Å². The number of ether oxygens (including phenoxy) is 3. The fraction of sp³-hybridized carbons (Fsp3) is 0.625. The summed E-state index contributed by atoms with van der Waals surface area (Å²) in [6.07, 6.45) is 4.56. The van der Waals surface area contributed by atoms with Crippen molar-refractivity contribution in [1.82, 2.24) is 5.16 Å². The van der Waals surface area contributed by atoms with Crippen LogP contribution in [0.2, 0.25) is 10.0 Å². The molecule has 4 aliphatic rings. The smallest absolute Gasteiger partial charge is 0.177 e. The molecular weight excluding hydrogens is 437 g/mol. The van der Waals surface area contributed by atoms with Gasteiger partial charge in [-0.3, -0.25) is 0 Å². The van der Waals surface area contributed by atoms with Crippen LogP contribution in [0.4, 0.5) is 0 Å². The van der Waals surface area contributed by atoms with Gasteiger partial charge in [-0.25, -0.2) is 0 Å². The molecule has 7 heteroatoms. The number of rotatable bonds is 5. The van der Waals surface area contributed by atoms with Crippen LogP contribution < -0.4 is 0 Å². The van der Waals surface area contributed by atoms with E-state index in [1.165, 1.54) is 12.8 Å². The fourth-order valence-electron chi connectivity index (χ4n) is 6.59. The van der Waals surface area contributed by atoms with Gasteiger partial charge >= 0.3 is 0 Å². The van der Waals surface area contributed by atoms with Crippen LogP contribution in [0.15, 0.2) is 22.7 Å².